The van der Waals surface area contributed by atoms with Gasteiger partial charge in [0.2, 0.25) is 0 Å². The fourth-order valence-corrected chi connectivity index (χ4v) is 2.65. The van der Waals surface area contributed by atoms with Crippen LogP contribution in [0.3, 0.4) is 0 Å². The largest absolute Gasteiger partial charge is 0.508 e. The summed E-state index contributed by atoms with van der Waals surface area (Å²) < 4.78 is 0. The molecule has 1 aromatic carbocycles. The molecule has 0 heterocycles. The lowest BCUT2D eigenvalue weighted by atomic mass is 9.73. The van der Waals surface area contributed by atoms with Crippen LogP contribution in [-0.2, 0) is 19.3 Å². The molecule has 0 fully saturated rings. The highest BCUT2D eigenvalue weighted by molar-refractivity contribution is 5.47. The highest BCUT2D eigenvalue weighted by Gasteiger charge is 2.27. The van der Waals surface area contributed by atoms with Crippen molar-refractivity contribution >= 4 is 0 Å². The van der Waals surface area contributed by atoms with Crippen molar-refractivity contribution in [2.45, 2.75) is 39.5 Å². The molecule has 0 saturated carbocycles. The van der Waals surface area contributed by atoms with E-state index in [1.54, 1.807) is 0 Å². The maximum absolute atomic E-state index is 9.88. The second kappa shape index (κ2) is 3.97. The van der Waals surface area contributed by atoms with Gasteiger partial charge in [0, 0.05) is 5.56 Å². The smallest absolute Gasteiger partial charge is 0.119 e. The molecule has 1 N–H and O–H groups in total. The van der Waals surface area contributed by atoms with Crippen LogP contribution in [0.5, 0.6) is 5.75 Å². The van der Waals surface area contributed by atoms with Crippen molar-refractivity contribution in [1.82, 2.24) is 0 Å². The lowest BCUT2D eigenvalue weighted by Gasteiger charge is -2.32. The summed E-state index contributed by atoms with van der Waals surface area (Å²) in [6, 6.07) is 3.91. The van der Waals surface area contributed by atoms with Crippen LogP contribution in [0.1, 0.15) is 37.0 Å². The molecule has 1 aliphatic carbocycles. The van der Waals surface area contributed by atoms with E-state index in [-0.39, 0.29) is 0 Å². The van der Waals surface area contributed by atoms with Crippen LogP contribution >= 0.6 is 0 Å². The van der Waals surface area contributed by atoms with Gasteiger partial charge in [-0.05, 0) is 48.3 Å². The second-order valence-electron chi connectivity index (χ2n) is 5.53. The van der Waals surface area contributed by atoms with Gasteiger partial charge < -0.3 is 5.11 Å². The van der Waals surface area contributed by atoms with Crippen molar-refractivity contribution in [1.29, 1.82) is 0 Å². The Kier molecular flexibility index (Phi) is 2.79. The number of aromatic hydroxyl groups is 1. The van der Waals surface area contributed by atoms with Crippen molar-refractivity contribution in [3.63, 3.8) is 0 Å². The molecule has 1 aliphatic rings. The second-order valence-corrected chi connectivity index (χ2v) is 5.53. The quantitative estimate of drug-likeness (QED) is 0.748. The first-order valence-corrected chi connectivity index (χ1v) is 5.97. The van der Waals surface area contributed by atoms with Gasteiger partial charge in [-0.3, -0.25) is 0 Å². The molecule has 86 valence electrons. The first-order chi connectivity index (χ1) is 7.53. The minimum Gasteiger partial charge on any atom is -0.508 e. The van der Waals surface area contributed by atoms with E-state index >= 15 is 0 Å². The molecule has 0 unspecified atom stereocenters. The molecule has 0 atom stereocenters. The Morgan fingerprint density at radius 1 is 1.44 bits per heavy atom. The number of hydrogen-bond donors (Lipinski definition) is 1. The molecule has 0 aliphatic heterocycles. The van der Waals surface area contributed by atoms with Crippen LogP contribution in [-0.4, -0.2) is 5.11 Å². The lowest BCUT2D eigenvalue weighted by molar-refractivity contribution is 0.313. The summed E-state index contributed by atoms with van der Waals surface area (Å²) in [6.45, 7) is 8.39. The van der Waals surface area contributed by atoms with E-state index in [4.69, 9.17) is 0 Å². The molecule has 0 saturated heterocycles. The molecular weight excluding hydrogens is 196 g/mol. The van der Waals surface area contributed by atoms with Gasteiger partial charge in [-0.2, -0.15) is 0 Å². The fraction of sp³-hybridized carbons (Fsp3) is 0.467. The van der Waals surface area contributed by atoms with Gasteiger partial charge >= 0.3 is 0 Å². The van der Waals surface area contributed by atoms with Crippen molar-refractivity contribution in [3.05, 3.63) is 41.5 Å². The fourth-order valence-electron chi connectivity index (χ4n) is 2.65. The zero-order valence-electron chi connectivity index (χ0n) is 10.2. The van der Waals surface area contributed by atoms with Gasteiger partial charge in [-0.1, -0.05) is 26.0 Å². The number of phenolic OH excluding ortho intramolecular Hbond substituents is 1. The van der Waals surface area contributed by atoms with Crippen molar-refractivity contribution in [2.24, 2.45) is 5.41 Å². The summed E-state index contributed by atoms with van der Waals surface area (Å²) in [7, 11) is 0. The monoisotopic (exact) mass is 216 g/mol. The van der Waals surface area contributed by atoms with Crippen LogP contribution in [0.4, 0.5) is 0 Å². The molecule has 0 spiro atoms. The predicted molar refractivity (Wildman–Crippen MR) is 67.8 cm³/mol. The SMILES string of the molecule is C=CCc1c(O)ccc2c1CCC(C)(C)C2. The highest BCUT2D eigenvalue weighted by Crippen LogP contribution is 2.38. The molecule has 2 rings (SSSR count). The van der Waals surface area contributed by atoms with Crippen LogP contribution in [0, 0.1) is 5.41 Å². The molecule has 0 radical (unpaired) electrons. The van der Waals surface area contributed by atoms with E-state index < -0.39 is 0 Å². The van der Waals surface area contributed by atoms with Gasteiger partial charge in [-0.15, -0.1) is 6.58 Å². The predicted octanol–water partition coefficient (Wildman–Crippen LogP) is 3.64. The van der Waals surface area contributed by atoms with E-state index in [1.807, 2.05) is 12.1 Å². The van der Waals surface area contributed by atoms with Crippen LogP contribution in [0.15, 0.2) is 24.8 Å². The first kappa shape index (κ1) is 11.3. The molecule has 0 aromatic heterocycles. The Hall–Kier alpha value is -1.24. The van der Waals surface area contributed by atoms with E-state index in [2.05, 4.69) is 26.5 Å². The van der Waals surface area contributed by atoms with Crippen LogP contribution < -0.4 is 0 Å². The van der Waals surface area contributed by atoms with E-state index in [1.165, 1.54) is 17.5 Å². The maximum Gasteiger partial charge on any atom is 0.119 e. The van der Waals surface area contributed by atoms with Crippen LogP contribution in [0.25, 0.3) is 0 Å². The zero-order chi connectivity index (χ0) is 11.8. The normalized spacial score (nSPS) is 17.9. The van der Waals surface area contributed by atoms with Gasteiger partial charge in [0.1, 0.15) is 5.75 Å². The Bertz CT molecular complexity index is 416. The van der Waals surface area contributed by atoms with Gasteiger partial charge in [0.15, 0.2) is 0 Å². The number of benzene rings is 1. The zero-order valence-corrected chi connectivity index (χ0v) is 10.2. The summed E-state index contributed by atoms with van der Waals surface area (Å²) in [4.78, 5) is 0. The minimum atomic E-state index is 0.398. The Balaban J connectivity index is 2.45. The first-order valence-electron chi connectivity index (χ1n) is 5.97. The number of allylic oxidation sites excluding steroid dienone is 1. The van der Waals surface area contributed by atoms with Gasteiger partial charge in [0.05, 0.1) is 0 Å². The molecular formula is C15H20O. The summed E-state index contributed by atoms with van der Waals surface area (Å²) in [5.74, 6) is 0.429. The molecule has 1 nitrogen and oxygen atoms in total. The summed E-state index contributed by atoms with van der Waals surface area (Å²) in [5.41, 5.74) is 4.25. The summed E-state index contributed by atoms with van der Waals surface area (Å²) in [6.07, 6.45) is 6.05. The van der Waals surface area contributed by atoms with E-state index in [0.29, 0.717) is 11.2 Å². The van der Waals surface area contributed by atoms with Crippen LogP contribution in [0.2, 0.25) is 0 Å². The Morgan fingerprint density at radius 2 is 2.19 bits per heavy atom. The van der Waals surface area contributed by atoms with E-state index in [9.17, 15) is 5.11 Å². The molecule has 1 aromatic rings. The van der Waals surface area contributed by atoms with Crippen molar-refractivity contribution < 1.29 is 5.11 Å². The third kappa shape index (κ3) is 1.99. The molecule has 16 heavy (non-hydrogen) atoms. The molecule has 0 amide bonds. The third-order valence-electron chi connectivity index (χ3n) is 3.57. The number of fused-ring (bicyclic) bond motifs is 1. The summed E-state index contributed by atoms with van der Waals surface area (Å²) >= 11 is 0. The standard InChI is InChI=1S/C15H20O/c1-4-5-13-12-8-9-15(2,3)10-11(12)6-7-14(13)16/h4,6-7,16H,1,5,8-10H2,2-3H3. The number of rotatable bonds is 2. The maximum atomic E-state index is 9.88. The van der Waals surface area contributed by atoms with Gasteiger partial charge in [-0.25, -0.2) is 0 Å². The molecule has 1 heteroatoms. The van der Waals surface area contributed by atoms with Crippen molar-refractivity contribution in [2.75, 3.05) is 0 Å². The third-order valence-corrected chi connectivity index (χ3v) is 3.57. The Morgan fingerprint density at radius 3 is 2.88 bits per heavy atom. The van der Waals surface area contributed by atoms with Crippen molar-refractivity contribution in [3.8, 4) is 5.75 Å². The topological polar surface area (TPSA) is 20.2 Å². The average Bonchev–Trinajstić information content (AvgIpc) is 2.21. The Labute approximate surface area is 97.8 Å². The van der Waals surface area contributed by atoms with Gasteiger partial charge in [0.25, 0.3) is 0 Å². The minimum absolute atomic E-state index is 0.398. The molecule has 0 bridgehead atoms. The number of hydrogen-bond acceptors (Lipinski definition) is 1. The number of phenols is 1. The average molecular weight is 216 g/mol. The summed E-state index contributed by atoms with van der Waals surface area (Å²) in [5, 5.41) is 9.88. The lowest BCUT2D eigenvalue weighted by Crippen LogP contribution is -2.23. The van der Waals surface area contributed by atoms with E-state index in [0.717, 1.165) is 24.8 Å². The highest BCUT2D eigenvalue weighted by atomic mass is 16.3.